The van der Waals surface area contributed by atoms with E-state index in [4.69, 9.17) is 0 Å². The molecule has 4 rings (SSSR count). The molecule has 0 aromatic carbocycles. The molecule has 1 aliphatic heterocycles. The minimum Gasteiger partial charge on any atom is -0.340 e. The Morgan fingerprint density at radius 3 is 2.62 bits per heavy atom. The van der Waals surface area contributed by atoms with Gasteiger partial charge in [-0.1, -0.05) is 10.3 Å². The van der Waals surface area contributed by atoms with Crippen molar-refractivity contribution < 1.29 is 0 Å². The van der Waals surface area contributed by atoms with Crippen LogP contribution in [-0.4, -0.2) is 48.3 Å². The number of nitrogens with zero attached hydrogens (tertiary/aromatic N) is 8. The van der Waals surface area contributed by atoms with Gasteiger partial charge in [0.2, 0.25) is 5.95 Å². The van der Waals surface area contributed by atoms with Gasteiger partial charge in [-0.25, -0.2) is 4.68 Å². The first-order valence-electron chi connectivity index (χ1n) is 7.77. The van der Waals surface area contributed by atoms with Gasteiger partial charge >= 0.3 is 0 Å². The lowest BCUT2D eigenvalue weighted by molar-refractivity contribution is 0.280. The molecule has 1 aliphatic carbocycles. The largest absolute Gasteiger partial charge is 0.340 e. The topological polar surface area (TPSA) is 77.5 Å². The number of tetrazole rings is 1. The Bertz CT molecular complexity index is 565. The molecule has 8 heteroatoms. The molecule has 8 nitrogen and oxygen atoms in total. The summed E-state index contributed by atoms with van der Waals surface area (Å²) in [6.07, 6.45) is 9.69. The summed E-state index contributed by atoms with van der Waals surface area (Å²) < 4.78 is 3.96. The van der Waals surface area contributed by atoms with E-state index in [-0.39, 0.29) is 0 Å². The molecule has 0 amide bonds. The predicted octanol–water partition coefficient (Wildman–Crippen LogP) is 0.906. The molecular weight excluding hydrogens is 268 g/mol. The summed E-state index contributed by atoms with van der Waals surface area (Å²) in [4.78, 5) is 2.33. The fraction of sp³-hybridized carbons (Fsp3) is 0.769. The Hall–Kier alpha value is -1.99. The maximum absolute atomic E-state index is 4.24. The fourth-order valence-corrected chi connectivity index (χ4v) is 3.17. The smallest absolute Gasteiger partial charge is 0.245 e. The average molecular weight is 288 g/mol. The Morgan fingerprint density at radius 1 is 1.10 bits per heavy atom. The Kier molecular flexibility index (Phi) is 3.28. The van der Waals surface area contributed by atoms with Gasteiger partial charge in [0.05, 0.1) is 12.2 Å². The molecule has 2 aliphatic rings. The summed E-state index contributed by atoms with van der Waals surface area (Å²) in [5.74, 6) is 1.62. The lowest BCUT2D eigenvalue weighted by atomic mass is 9.93. The third-order valence-electron chi connectivity index (χ3n) is 4.71. The van der Waals surface area contributed by atoms with Gasteiger partial charge < -0.3 is 4.90 Å². The number of hydrogen-bond acceptors (Lipinski definition) is 6. The van der Waals surface area contributed by atoms with Crippen molar-refractivity contribution in [1.29, 1.82) is 0 Å². The zero-order valence-corrected chi connectivity index (χ0v) is 12.0. The van der Waals surface area contributed by atoms with E-state index < -0.39 is 0 Å². The summed E-state index contributed by atoms with van der Waals surface area (Å²) in [6.45, 7) is 3.00. The van der Waals surface area contributed by atoms with E-state index in [0.29, 0.717) is 12.0 Å². The second-order valence-electron chi connectivity index (χ2n) is 6.06. The maximum atomic E-state index is 4.24. The average Bonchev–Trinajstić information content (AvgIpc) is 3.10. The minimum absolute atomic E-state index is 0.517. The van der Waals surface area contributed by atoms with Gasteiger partial charge in [-0.3, -0.25) is 4.68 Å². The molecule has 1 saturated carbocycles. The van der Waals surface area contributed by atoms with Crippen molar-refractivity contribution in [1.82, 2.24) is 35.2 Å². The first kappa shape index (κ1) is 12.7. The molecule has 0 radical (unpaired) electrons. The summed E-state index contributed by atoms with van der Waals surface area (Å²) in [7, 11) is 0. The van der Waals surface area contributed by atoms with Crippen LogP contribution in [0.4, 0.5) is 5.95 Å². The lowest BCUT2D eigenvalue weighted by Gasteiger charge is -2.34. The number of rotatable bonds is 4. The van der Waals surface area contributed by atoms with Crippen LogP contribution in [0.5, 0.6) is 0 Å². The molecule has 2 aromatic rings. The van der Waals surface area contributed by atoms with Crippen molar-refractivity contribution in [3.8, 4) is 0 Å². The Morgan fingerprint density at radius 2 is 1.95 bits per heavy atom. The number of anilines is 1. The summed E-state index contributed by atoms with van der Waals surface area (Å²) >= 11 is 0. The predicted molar refractivity (Wildman–Crippen MR) is 75.7 cm³/mol. The van der Waals surface area contributed by atoms with Crippen LogP contribution in [0, 0.1) is 5.92 Å². The van der Waals surface area contributed by atoms with E-state index in [1.54, 1.807) is 6.20 Å². The fourth-order valence-electron chi connectivity index (χ4n) is 3.17. The zero-order valence-electron chi connectivity index (χ0n) is 12.0. The first-order chi connectivity index (χ1) is 10.4. The first-order valence-corrected chi connectivity index (χ1v) is 7.77. The van der Waals surface area contributed by atoms with Crippen LogP contribution in [-0.2, 0) is 6.54 Å². The van der Waals surface area contributed by atoms with Crippen molar-refractivity contribution in [2.24, 2.45) is 5.92 Å². The molecule has 3 heterocycles. The molecule has 0 bridgehead atoms. The van der Waals surface area contributed by atoms with E-state index in [9.17, 15) is 0 Å². The van der Waals surface area contributed by atoms with Crippen LogP contribution in [0.15, 0.2) is 12.4 Å². The van der Waals surface area contributed by atoms with Crippen molar-refractivity contribution >= 4 is 5.95 Å². The van der Waals surface area contributed by atoms with Crippen LogP contribution in [0.3, 0.4) is 0 Å². The Balaban J connectivity index is 1.37. The van der Waals surface area contributed by atoms with Crippen LogP contribution in [0.2, 0.25) is 0 Å². The number of aromatic nitrogens is 7. The van der Waals surface area contributed by atoms with Crippen LogP contribution in [0.1, 0.15) is 38.1 Å². The van der Waals surface area contributed by atoms with Crippen LogP contribution >= 0.6 is 0 Å². The second kappa shape index (κ2) is 5.42. The van der Waals surface area contributed by atoms with Gasteiger partial charge in [0, 0.05) is 25.8 Å². The quantitative estimate of drug-likeness (QED) is 0.832. The third kappa shape index (κ3) is 2.50. The zero-order chi connectivity index (χ0) is 14.1. The van der Waals surface area contributed by atoms with Gasteiger partial charge in [0.15, 0.2) is 0 Å². The summed E-state index contributed by atoms with van der Waals surface area (Å²) in [6, 6.07) is 0.517. The molecule has 2 aromatic heterocycles. The third-order valence-corrected chi connectivity index (χ3v) is 4.71. The van der Waals surface area contributed by atoms with E-state index in [1.165, 1.54) is 19.3 Å². The normalized spacial score (nSPS) is 20.7. The number of piperidine rings is 1. The van der Waals surface area contributed by atoms with Crippen LogP contribution in [0.25, 0.3) is 0 Å². The molecule has 112 valence electrons. The van der Waals surface area contributed by atoms with E-state index in [2.05, 4.69) is 30.7 Å². The molecule has 21 heavy (non-hydrogen) atoms. The van der Waals surface area contributed by atoms with Gasteiger partial charge in [-0.05, 0) is 48.4 Å². The highest BCUT2D eigenvalue weighted by Crippen LogP contribution is 2.34. The SMILES string of the molecule is c1cn(CC2CCN(c3nnnn3C3CCC3)CC2)nn1. The number of hydrogen-bond donors (Lipinski definition) is 0. The molecule has 0 unspecified atom stereocenters. The molecule has 0 spiro atoms. The Labute approximate surface area is 123 Å². The van der Waals surface area contributed by atoms with E-state index in [0.717, 1.165) is 38.4 Å². The monoisotopic (exact) mass is 288 g/mol. The molecule has 0 atom stereocenters. The highest BCUT2D eigenvalue weighted by atomic mass is 15.6. The lowest BCUT2D eigenvalue weighted by Crippen LogP contribution is -2.37. The van der Waals surface area contributed by atoms with Crippen molar-refractivity contribution in [3.63, 3.8) is 0 Å². The highest BCUT2D eigenvalue weighted by molar-refractivity contribution is 5.29. The van der Waals surface area contributed by atoms with E-state index >= 15 is 0 Å². The van der Waals surface area contributed by atoms with Gasteiger partial charge in [0.25, 0.3) is 0 Å². The standard InChI is InChI=1S/C13H20N8/c1-2-12(3-1)21-13(15-16-18-21)19-7-4-11(5-8-19)10-20-9-6-14-17-20/h6,9,11-12H,1-5,7-8,10H2. The molecule has 0 N–H and O–H groups in total. The molecule has 1 saturated heterocycles. The van der Waals surface area contributed by atoms with Gasteiger partial charge in [-0.15, -0.1) is 5.10 Å². The summed E-state index contributed by atoms with van der Waals surface area (Å²) in [5, 5.41) is 20.2. The van der Waals surface area contributed by atoms with E-state index in [1.807, 2.05) is 15.6 Å². The van der Waals surface area contributed by atoms with Crippen LogP contribution < -0.4 is 4.90 Å². The van der Waals surface area contributed by atoms with Crippen molar-refractivity contribution in [2.45, 2.75) is 44.7 Å². The highest BCUT2D eigenvalue weighted by Gasteiger charge is 2.28. The summed E-state index contributed by atoms with van der Waals surface area (Å²) in [5.41, 5.74) is 0. The van der Waals surface area contributed by atoms with Crippen molar-refractivity contribution in [2.75, 3.05) is 18.0 Å². The molecular formula is C13H20N8. The maximum Gasteiger partial charge on any atom is 0.245 e. The second-order valence-corrected chi connectivity index (χ2v) is 6.06. The minimum atomic E-state index is 0.517. The van der Waals surface area contributed by atoms with Crippen molar-refractivity contribution in [3.05, 3.63) is 12.4 Å². The van der Waals surface area contributed by atoms with Gasteiger partial charge in [0.1, 0.15) is 0 Å². The molecule has 2 fully saturated rings. The van der Waals surface area contributed by atoms with Gasteiger partial charge in [-0.2, -0.15) is 0 Å².